The molecule has 7 heteroatoms. The smallest absolute Gasteiger partial charge is 0.306 e. The third-order valence-corrected chi connectivity index (χ3v) is 6.99. The van der Waals surface area contributed by atoms with Crippen LogP contribution in [0.25, 0.3) is 22.2 Å². The van der Waals surface area contributed by atoms with Crippen LogP contribution in [0.3, 0.4) is 0 Å². The molecule has 1 aromatic heterocycles. The van der Waals surface area contributed by atoms with Crippen LogP contribution in [0.1, 0.15) is 54.6 Å². The van der Waals surface area contributed by atoms with Crippen molar-refractivity contribution in [2.45, 2.75) is 45.6 Å². The Morgan fingerprint density at radius 2 is 1.71 bits per heavy atom. The summed E-state index contributed by atoms with van der Waals surface area (Å²) < 4.78 is 6.42. The average molecular weight is 594 g/mol. The van der Waals surface area contributed by atoms with Crippen LogP contribution < -0.4 is 5.32 Å². The number of benzene rings is 3. The molecule has 3 aromatic carbocycles. The molecule has 0 aliphatic rings. The van der Waals surface area contributed by atoms with Gasteiger partial charge in [-0.2, -0.15) is 0 Å². The van der Waals surface area contributed by atoms with Crippen molar-refractivity contribution in [3.8, 4) is 11.3 Å². The Balaban J connectivity index is 1.70. The number of esters is 1. The largest absolute Gasteiger partial charge is 0.460 e. The van der Waals surface area contributed by atoms with Gasteiger partial charge in [0.15, 0.2) is 0 Å². The lowest BCUT2D eigenvalue weighted by molar-refractivity contribution is -0.155. The Kier molecular flexibility index (Phi) is 8.54. The monoisotopic (exact) mass is 592 g/mol. The third-order valence-electron chi connectivity index (χ3n) is 6.15. The molecule has 0 aliphatic carbocycles. The predicted molar refractivity (Wildman–Crippen MR) is 157 cm³/mol. The topological polar surface area (TPSA) is 68.3 Å². The van der Waals surface area contributed by atoms with Crippen LogP contribution in [0.15, 0.2) is 77.3 Å². The summed E-state index contributed by atoms with van der Waals surface area (Å²) in [5, 5.41) is 4.36. The number of hydrogen-bond donors (Lipinski definition) is 1. The van der Waals surface area contributed by atoms with Crippen molar-refractivity contribution in [2.75, 3.05) is 6.54 Å². The Labute approximate surface area is 236 Å². The number of halogens is 2. The molecule has 0 bridgehead atoms. The van der Waals surface area contributed by atoms with E-state index in [0.29, 0.717) is 10.6 Å². The summed E-state index contributed by atoms with van der Waals surface area (Å²) in [6.45, 7) is 7.61. The van der Waals surface area contributed by atoms with Crippen molar-refractivity contribution in [2.24, 2.45) is 0 Å². The molecule has 1 heterocycles. The average Bonchev–Trinajstić information content (AvgIpc) is 2.86. The van der Waals surface area contributed by atoms with E-state index in [1.807, 2.05) is 94.4 Å². The minimum Gasteiger partial charge on any atom is -0.460 e. The number of hydrogen-bond acceptors (Lipinski definition) is 4. The molecule has 196 valence electrons. The Morgan fingerprint density at radius 1 is 1.03 bits per heavy atom. The SMILES string of the molecule is Cc1c(-c2ccccc2)nc2ccc(Br)cc2c1C(=O)NCC(CC(=O)OC(C)(C)C)c1ccccc1Cl. The molecule has 0 spiro atoms. The second-order valence-corrected chi connectivity index (χ2v) is 11.5. The maximum absolute atomic E-state index is 13.8. The fourth-order valence-electron chi connectivity index (χ4n) is 4.49. The van der Waals surface area contributed by atoms with E-state index in [1.54, 1.807) is 6.07 Å². The highest BCUT2D eigenvalue weighted by molar-refractivity contribution is 9.10. The standard InChI is InChI=1S/C31H30BrClN2O3/c1-19-28(24-17-22(32)14-15-26(24)35-29(19)20-10-6-5-7-11-20)30(37)34-18-21(16-27(36)38-31(2,3)4)23-12-8-9-13-25(23)33/h5-15,17,21H,16,18H2,1-4H3,(H,34,37). The number of nitrogens with one attached hydrogen (secondary N) is 1. The second-order valence-electron chi connectivity index (χ2n) is 10.2. The maximum Gasteiger partial charge on any atom is 0.306 e. The Bertz CT molecular complexity index is 1480. The highest BCUT2D eigenvalue weighted by Gasteiger charge is 2.25. The molecule has 0 aliphatic heterocycles. The quantitative estimate of drug-likeness (QED) is 0.221. The molecule has 1 amide bonds. The van der Waals surface area contributed by atoms with E-state index < -0.39 is 5.60 Å². The van der Waals surface area contributed by atoms with Gasteiger partial charge < -0.3 is 10.1 Å². The summed E-state index contributed by atoms with van der Waals surface area (Å²) >= 11 is 10.0. The molecule has 0 fully saturated rings. The van der Waals surface area contributed by atoms with Crippen molar-refractivity contribution in [3.63, 3.8) is 0 Å². The Morgan fingerprint density at radius 3 is 2.39 bits per heavy atom. The number of carbonyl (C=O) groups excluding carboxylic acids is 2. The minimum absolute atomic E-state index is 0.0815. The number of carbonyl (C=O) groups is 2. The van der Waals surface area contributed by atoms with Crippen LogP contribution in [-0.2, 0) is 9.53 Å². The summed E-state index contributed by atoms with van der Waals surface area (Å²) in [7, 11) is 0. The molecule has 4 aromatic rings. The fraction of sp³-hybridized carbons (Fsp3) is 0.258. The summed E-state index contributed by atoms with van der Waals surface area (Å²) in [6, 6.07) is 22.9. The van der Waals surface area contributed by atoms with Crippen molar-refractivity contribution in [1.29, 1.82) is 0 Å². The lowest BCUT2D eigenvalue weighted by atomic mass is 9.94. The van der Waals surface area contributed by atoms with Crippen LogP contribution in [0.2, 0.25) is 5.02 Å². The van der Waals surface area contributed by atoms with Gasteiger partial charge in [0.1, 0.15) is 5.60 Å². The molecule has 0 radical (unpaired) electrons. The van der Waals surface area contributed by atoms with Gasteiger partial charge in [-0.05, 0) is 63.1 Å². The normalized spacial score (nSPS) is 12.3. The number of amides is 1. The Hall–Kier alpha value is -3.22. The van der Waals surface area contributed by atoms with E-state index in [0.717, 1.165) is 37.8 Å². The molecule has 38 heavy (non-hydrogen) atoms. The molecule has 0 saturated heterocycles. The van der Waals surface area contributed by atoms with Gasteiger partial charge in [0.05, 0.1) is 23.2 Å². The second kappa shape index (κ2) is 11.7. The van der Waals surface area contributed by atoms with Crippen LogP contribution in [0, 0.1) is 6.92 Å². The summed E-state index contributed by atoms with van der Waals surface area (Å²) in [5.74, 6) is -0.958. The number of aromatic nitrogens is 1. The molecule has 5 nitrogen and oxygen atoms in total. The molecular weight excluding hydrogens is 564 g/mol. The zero-order chi connectivity index (χ0) is 27.4. The van der Waals surface area contributed by atoms with Gasteiger partial charge in [-0.3, -0.25) is 9.59 Å². The number of pyridine rings is 1. The molecule has 1 unspecified atom stereocenters. The molecule has 4 rings (SSSR count). The number of rotatable bonds is 7. The first kappa shape index (κ1) is 27.8. The van der Waals surface area contributed by atoms with Gasteiger partial charge >= 0.3 is 5.97 Å². The van der Waals surface area contributed by atoms with E-state index in [1.165, 1.54) is 0 Å². The number of nitrogens with zero attached hydrogens (tertiary/aromatic N) is 1. The first-order valence-corrected chi connectivity index (χ1v) is 13.6. The molecule has 1 atom stereocenters. The first-order valence-electron chi connectivity index (χ1n) is 12.4. The summed E-state index contributed by atoms with van der Waals surface area (Å²) in [5.41, 5.74) is 3.90. The van der Waals surface area contributed by atoms with Gasteiger partial charge in [0.25, 0.3) is 5.91 Å². The van der Waals surface area contributed by atoms with Crippen molar-refractivity contribution in [1.82, 2.24) is 10.3 Å². The van der Waals surface area contributed by atoms with Crippen molar-refractivity contribution in [3.05, 3.63) is 99.0 Å². The van der Waals surface area contributed by atoms with Crippen LogP contribution >= 0.6 is 27.5 Å². The van der Waals surface area contributed by atoms with Gasteiger partial charge in [0, 0.05) is 32.9 Å². The lowest BCUT2D eigenvalue weighted by Crippen LogP contribution is -2.32. The van der Waals surface area contributed by atoms with Crippen molar-refractivity contribution < 1.29 is 14.3 Å². The van der Waals surface area contributed by atoms with E-state index in [2.05, 4.69) is 21.2 Å². The predicted octanol–water partition coefficient (Wildman–Crippen LogP) is 7.87. The van der Waals surface area contributed by atoms with E-state index in [9.17, 15) is 9.59 Å². The van der Waals surface area contributed by atoms with E-state index in [4.69, 9.17) is 21.3 Å². The number of fused-ring (bicyclic) bond motifs is 1. The van der Waals surface area contributed by atoms with E-state index in [-0.39, 0.29) is 30.8 Å². The van der Waals surface area contributed by atoms with Crippen LogP contribution in [0.5, 0.6) is 0 Å². The molecule has 0 saturated carbocycles. The lowest BCUT2D eigenvalue weighted by Gasteiger charge is -2.23. The van der Waals surface area contributed by atoms with Gasteiger partial charge in [-0.25, -0.2) is 4.98 Å². The van der Waals surface area contributed by atoms with Gasteiger partial charge in [-0.15, -0.1) is 0 Å². The minimum atomic E-state index is -0.611. The van der Waals surface area contributed by atoms with Crippen LogP contribution in [0.4, 0.5) is 0 Å². The fourth-order valence-corrected chi connectivity index (χ4v) is 5.14. The third kappa shape index (κ3) is 6.61. The molecular formula is C31H30BrClN2O3. The van der Waals surface area contributed by atoms with Crippen LogP contribution in [-0.4, -0.2) is 29.0 Å². The van der Waals surface area contributed by atoms with Gasteiger partial charge in [-0.1, -0.05) is 76.1 Å². The maximum atomic E-state index is 13.8. The summed E-state index contributed by atoms with van der Waals surface area (Å²) in [6.07, 6.45) is 0.0815. The molecule has 1 N–H and O–H groups in total. The van der Waals surface area contributed by atoms with Crippen molar-refractivity contribution >= 4 is 50.3 Å². The summed E-state index contributed by atoms with van der Waals surface area (Å²) in [4.78, 5) is 31.4. The number of ether oxygens (including phenoxy) is 1. The highest BCUT2D eigenvalue weighted by Crippen LogP contribution is 2.32. The van der Waals surface area contributed by atoms with E-state index >= 15 is 0 Å². The highest BCUT2D eigenvalue weighted by atomic mass is 79.9. The van der Waals surface area contributed by atoms with Gasteiger partial charge in [0.2, 0.25) is 0 Å². The zero-order valence-corrected chi connectivity index (χ0v) is 24.2. The zero-order valence-electron chi connectivity index (χ0n) is 21.8. The first-order chi connectivity index (χ1) is 18.0.